The molecule has 1 heterocycles. The van der Waals surface area contributed by atoms with Gasteiger partial charge in [0, 0.05) is 18.6 Å². The molecule has 0 bridgehead atoms. The normalized spacial score (nSPS) is 21.0. The molecule has 0 aliphatic carbocycles. The van der Waals surface area contributed by atoms with Crippen LogP contribution < -0.4 is 9.47 Å². The topological polar surface area (TPSA) is 21.7 Å². The molecule has 0 saturated carbocycles. The van der Waals surface area contributed by atoms with Gasteiger partial charge in [0.25, 0.3) is 0 Å². The van der Waals surface area contributed by atoms with Crippen LogP contribution in [0.15, 0.2) is 48.5 Å². The molecule has 3 rings (SSSR count). The number of hydrogen-bond donors (Lipinski definition) is 0. The number of likely N-dealkylation sites (tertiary alicyclic amines) is 1. The van der Waals surface area contributed by atoms with Crippen LogP contribution in [0.25, 0.3) is 0 Å². The second kappa shape index (κ2) is 7.71. The molecule has 0 amide bonds. The van der Waals surface area contributed by atoms with Crippen molar-refractivity contribution in [3.8, 4) is 11.5 Å². The maximum atomic E-state index is 5.45. The van der Waals surface area contributed by atoms with Crippen molar-refractivity contribution < 1.29 is 9.47 Å². The second-order valence-corrected chi connectivity index (χ2v) is 6.63. The quantitative estimate of drug-likeness (QED) is 0.790. The summed E-state index contributed by atoms with van der Waals surface area (Å²) in [6.07, 6.45) is 3.66. The monoisotopic (exact) mass is 325 g/mol. The van der Waals surface area contributed by atoms with E-state index in [1.54, 1.807) is 14.2 Å². The van der Waals surface area contributed by atoms with Crippen molar-refractivity contribution in [2.24, 2.45) is 0 Å². The van der Waals surface area contributed by atoms with Crippen LogP contribution in [0.5, 0.6) is 11.5 Å². The highest BCUT2D eigenvalue weighted by Gasteiger charge is 2.30. The second-order valence-electron chi connectivity index (χ2n) is 6.63. The van der Waals surface area contributed by atoms with Crippen LogP contribution in [0.2, 0.25) is 0 Å². The van der Waals surface area contributed by atoms with Crippen molar-refractivity contribution in [3.05, 3.63) is 59.7 Å². The molecule has 1 fully saturated rings. The van der Waals surface area contributed by atoms with Gasteiger partial charge >= 0.3 is 0 Å². The SMILES string of the molecule is COc1ccc(CN2C(C)CCC2Cc2ccccc2)cc1OC. The van der Waals surface area contributed by atoms with Gasteiger partial charge in [0.1, 0.15) is 0 Å². The molecule has 0 spiro atoms. The molecule has 2 aromatic carbocycles. The Labute approximate surface area is 145 Å². The lowest BCUT2D eigenvalue weighted by atomic mass is 10.0. The molecule has 2 aromatic rings. The Morgan fingerprint density at radius 1 is 0.917 bits per heavy atom. The van der Waals surface area contributed by atoms with E-state index < -0.39 is 0 Å². The van der Waals surface area contributed by atoms with E-state index in [0.29, 0.717) is 12.1 Å². The Hall–Kier alpha value is -2.00. The van der Waals surface area contributed by atoms with Crippen LogP contribution in [0.1, 0.15) is 30.9 Å². The molecule has 128 valence electrons. The summed E-state index contributed by atoms with van der Waals surface area (Å²) in [6.45, 7) is 3.30. The summed E-state index contributed by atoms with van der Waals surface area (Å²) in [5.41, 5.74) is 2.70. The predicted molar refractivity (Wildman–Crippen MR) is 97.7 cm³/mol. The summed E-state index contributed by atoms with van der Waals surface area (Å²) >= 11 is 0. The lowest BCUT2D eigenvalue weighted by Gasteiger charge is -2.29. The van der Waals surface area contributed by atoms with E-state index in [0.717, 1.165) is 24.5 Å². The molecule has 3 heteroatoms. The van der Waals surface area contributed by atoms with E-state index in [2.05, 4.69) is 54.3 Å². The Bertz CT molecular complexity index is 656. The molecule has 1 saturated heterocycles. The molecule has 1 aliphatic heterocycles. The fourth-order valence-electron chi connectivity index (χ4n) is 3.71. The van der Waals surface area contributed by atoms with E-state index in [4.69, 9.17) is 9.47 Å². The Balaban J connectivity index is 1.74. The fraction of sp³-hybridized carbons (Fsp3) is 0.429. The summed E-state index contributed by atoms with van der Waals surface area (Å²) in [7, 11) is 3.37. The number of rotatable bonds is 6. The van der Waals surface area contributed by atoms with Gasteiger partial charge in [0.15, 0.2) is 11.5 Å². The van der Waals surface area contributed by atoms with Crippen molar-refractivity contribution in [2.75, 3.05) is 14.2 Å². The van der Waals surface area contributed by atoms with Crippen LogP contribution in [-0.4, -0.2) is 31.2 Å². The zero-order valence-corrected chi connectivity index (χ0v) is 14.9. The first-order valence-corrected chi connectivity index (χ1v) is 8.72. The third kappa shape index (κ3) is 3.73. The molecule has 1 aliphatic rings. The van der Waals surface area contributed by atoms with Crippen molar-refractivity contribution in [1.29, 1.82) is 0 Å². The summed E-state index contributed by atoms with van der Waals surface area (Å²) in [6, 6.07) is 18.3. The molecule has 0 N–H and O–H groups in total. The summed E-state index contributed by atoms with van der Waals surface area (Å²) < 4.78 is 10.8. The van der Waals surface area contributed by atoms with Crippen molar-refractivity contribution >= 4 is 0 Å². The molecular formula is C21H27NO2. The maximum Gasteiger partial charge on any atom is 0.161 e. The number of ether oxygens (including phenoxy) is 2. The summed E-state index contributed by atoms with van der Waals surface area (Å²) in [5.74, 6) is 1.60. The highest BCUT2D eigenvalue weighted by atomic mass is 16.5. The summed E-state index contributed by atoms with van der Waals surface area (Å²) in [4.78, 5) is 2.63. The largest absolute Gasteiger partial charge is 0.493 e. The number of benzene rings is 2. The molecular weight excluding hydrogens is 298 g/mol. The van der Waals surface area contributed by atoms with Crippen LogP contribution >= 0.6 is 0 Å². The van der Waals surface area contributed by atoms with Crippen LogP contribution in [0.3, 0.4) is 0 Å². The highest BCUT2D eigenvalue weighted by molar-refractivity contribution is 5.42. The van der Waals surface area contributed by atoms with Crippen LogP contribution in [0.4, 0.5) is 0 Å². The molecule has 2 unspecified atom stereocenters. The van der Waals surface area contributed by atoms with Crippen LogP contribution in [-0.2, 0) is 13.0 Å². The molecule has 24 heavy (non-hydrogen) atoms. The highest BCUT2D eigenvalue weighted by Crippen LogP contribution is 2.32. The summed E-state index contributed by atoms with van der Waals surface area (Å²) in [5, 5.41) is 0. The first-order chi connectivity index (χ1) is 11.7. The number of methoxy groups -OCH3 is 2. The van der Waals surface area contributed by atoms with Crippen molar-refractivity contribution in [3.63, 3.8) is 0 Å². The van der Waals surface area contributed by atoms with Crippen molar-refractivity contribution in [1.82, 2.24) is 4.90 Å². The number of nitrogens with zero attached hydrogens (tertiary/aromatic N) is 1. The first-order valence-electron chi connectivity index (χ1n) is 8.72. The van der Waals surface area contributed by atoms with E-state index in [1.165, 1.54) is 24.0 Å². The Morgan fingerprint density at radius 2 is 1.67 bits per heavy atom. The average molecular weight is 325 g/mol. The average Bonchev–Trinajstić information content (AvgIpc) is 2.96. The van der Waals surface area contributed by atoms with E-state index >= 15 is 0 Å². The minimum absolute atomic E-state index is 0.607. The zero-order valence-electron chi connectivity index (χ0n) is 14.9. The molecule has 2 atom stereocenters. The van der Waals surface area contributed by atoms with Gasteiger partial charge in [-0.1, -0.05) is 36.4 Å². The smallest absolute Gasteiger partial charge is 0.161 e. The van der Waals surface area contributed by atoms with Gasteiger partial charge in [-0.25, -0.2) is 0 Å². The first kappa shape index (κ1) is 16.8. The van der Waals surface area contributed by atoms with Gasteiger partial charge in [-0.3, -0.25) is 4.90 Å². The van der Waals surface area contributed by atoms with Crippen LogP contribution in [0, 0.1) is 0 Å². The maximum absolute atomic E-state index is 5.45. The third-order valence-electron chi connectivity index (χ3n) is 5.08. The van der Waals surface area contributed by atoms with Crippen molar-refractivity contribution in [2.45, 2.75) is 44.8 Å². The standard InChI is InChI=1S/C21H27NO2/c1-16-9-11-19(13-17-7-5-4-6-8-17)22(16)15-18-10-12-20(23-2)21(14-18)24-3/h4-8,10,12,14,16,19H,9,11,13,15H2,1-3H3. The van der Waals surface area contributed by atoms with E-state index in [9.17, 15) is 0 Å². The van der Waals surface area contributed by atoms with Gasteiger partial charge < -0.3 is 9.47 Å². The van der Waals surface area contributed by atoms with Gasteiger partial charge in [-0.2, -0.15) is 0 Å². The lowest BCUT2D eigenvalue weighted by molar-refractivity contribution is 0.192. The van der Waals surface area contributed by atoms with Gasteiger partial charge in [0.05, 0.1) is 14.2 Å². The lowest BCUT2D eigenvalue weighted by Crippen LogP contribution is -2.35. The Morgan fingerprint density at radius 3 is 2.38 bits per heavy atom. The van der Waals surface area contributed by atoms with Gasteiger partial charge in [-0.05, 0) is 49.4 Å². The van der Waals surface area contributed by atoms with Gasteiger partial charge in [0.2, 0.25) is 0 Å². The fourth-order valence-corrected chi connectivity index (χ4v) is 3.71. The predicted octanol–water partition coefficient (Wildman–Crippen LogP) is 4.30. The Kier molecular flexibility index (Phi) is 5.41. The van der Waals surface area contributed by atoms with E-state index in [-0.39, 0.29) is 0 Å². The molecule has 0 radical (unpaired) electrons. The minimum Gasteiger partial charge on any atom is -0.493 e. The molecule has 0 aromatic heterocycles. The van der Waals surface area contributed by atoms with E-state index in [1.807, 2.05) is 6.07 Å². The minimum atomic E-state index is 0.607. The zero-order chi connectivity index (χ0) is 16.9. The van der Waals surface area contributed by atoms with Gasteiger partial charge in [-0.15, -0.1) is 0 Å². The number of hydrogen-bond acceptors (Lipinski definition) is 3. The third-order valence-corrected chi connectivity index (χ3v) is 5.08. The molecule has 3 nitrogen and oxygen atoms in total.